The maximum absolute atomic E-state index is 12.3. The molecule has 1 aromatic heterocycles. The molecule has 1 amide bonds. The number of nitrogens with one attached hydrogen (secondary N) is 1. The van der Waals surface area contributed by atoms with Crippen molar-refractivity contribution in [3.05, 3.63) is 52.8 Å². The second-order valence-corrected chi connectivity index (χ2v) is 5.77. The molecule has 0 bridgehead atoms. The average Bonchev–Trinajstić information content (AvgIpc) is 2.84. The molecule has 0 saturated heterocycles. The van der Waals surface area contributed by atoms with Gasteiger partial charge in [0.1, 0.15) is 0 Å². The van der Waals surface area contributed by atoms with Crippen molar-refractivity contribution in [2.45, 2.75) is 32.1 Å². The Morgan fingerprint density at radius 3 is 3.00 bits per heavy atom. The molecule has 4 heteroatoms. The van der Waals surface area contributed by atoms with Gasteiger partial charge in [0, 0.05) is 25.2 Å². The van der Waals surface area contributed by atoms with Gasteiger partial charge in [0.25, 0.3) is 5.91 Å². The first-order valence-electron chi connectivity index (χ1n) is 7.51. The zero-order chi connectivity index (χ0) is 14.8. The number of aryl methyl sites for hydroxylation is 2. The van der Waals surface area contributed by atoms with Crippen molar-refractivity contribution in [1.82, 2.24) is 15.1 Å². The Bertz CT molecular complexity index is 660. The Hall–Kier alpha value is -2.10. The lowest BCUT2D eigenvalue weighted by Gasteiger charge is -2.25. The van der Waals surface area contributed by atoms with Crippen LogP contribution in [0.4, 0.5) is 0 Å². The molecular weight excluding hydrogens is 262 g/mol. The molecule has 110 valence electrons. The second kappa shape index (κ2) is 5.72. The summed E-state index contributed by atoms with van der Waals surface area (Å²) in [4.78, 5) is 12.3. The molecule has 1 N–H and O–H groups in total. The minimum atomic E-state index is -0.0244. The van der Waals surface area contributed by atoms with Crippen molar-refractivity contribution < 1.29 is 4.79 Å². The van der Waals surface area contributed by atoms with Crippen LogP contribution in [0.2, 0.25) is 0 Å². The molecular formula is C17H21N3O. The van der Waals surface area contributed by atoms with Gasteiger partial charge in [-0.3, -0.25) is 9.48 Å². The van der Waals surface area contributed by atoms with Gasteiger partial charge >= 0.3 is 0 Å². The number of carbonyl (C=O) groups excluding carboxylic acids is 1. The third-order valence-electron chi connectivity index (χ3n) is 4.48. The van der Waals surface area contributed by atoms with Gasteiger partial charge in [0.05, 0.1) is 11.8 Å². The van der Waals surface area contributed by atoms with E-state index in [2.05, 4.69) is 34.7 Å². The zero-order valence-corrected chi connectivity index (χ0v) is 12.6. The Labute approximate surface area is 125 Å². The Balaban J connectivity index is 1.69. The summed E-state index contributed by atoms with van der Waals surface area (Å²) in [6.07, 6.45) is 5.13. The fourth-order valence-electron chi connectivity index (χ4n) is 3.10. The lowest BCUT2D eigenvalue weighted by atomic mass is 9.83. The molecule has 1 unspecified atom stereocenters. The maximum atomic E-state index is 12.3. The molecule has 4 nitrogen and oxygen atoms in total. The van der Waals surface area contributed by atoms with Crippen LogP contribution in [0.3, 0.4) is 0 Å². The normalized spacial score (nSPS) is 17.3. The van der Waals surface area contributed by atoms with E-state index in [1.807, 2.05) is 14.0 Å². The molecule has 0 radical (unpaired) electrons. The molecule has 1 atom stereocenters. The van der Waals surface area contributed by atoms with Crippen LogP contribution < -0.4 is 5.32 Å². The van der Waals surface area contributed by atoms with E-state index in [0.29, 0.717) is 18.0 Å². The fraction of sp³-hybridized carbons (Fsp3) is 0.412. The van der Waals surface area contributed by atoms with Crippen LogP contribution in [-0.2, 0) is 13.5 Å². The molecule has 1 heterocycles. The third-order valence-corrected chi connectivity index (χ3v) is 4.48. The van der Waals surface area contributed by atoms with E-state index >= 15 is 0 Å². The van der Waals surface area contributed by atoms with Crippen LogP contribution >= 0.6 is 0 Å². The van der Waals surface area contributed by atoms with E-state index in [-0.39, 0.29) is 5.91 Å². The molecule has 0 spiro atoms. The van der Waals surface area contributed by atoms with Gasteiger partial charge in [-0.2, -0.15) is 5.10 Å². The SMILES string of the molecule is Cc1c(C(=O)NCC2CCCc3ccccc32)cnn1C. The van der Waals surface area contributed by atoms with E-state index in [4.69, 9.17) is 0 Å². The van der Waals surface area contributed by atoms with E-state index < -0.39 is 0 Å². The van der Waals surface area contributed by atoms with Gasteiger partial charge in [-0.15, -0.1) is 0 Å². The van der Waals surface area contributed by atoms with Crippen molar-refractivity contribution in [2.24, 2.45) is 7.05 Å². The fourth-order valence-corrected chi connectivity index (χ4v) is 3.10. The molecule has 1 aromatic carbocycles. The third kappa shape index (κ3) is 2.71. The van der Waals surface area contributed by atoms with E-state index in [9.17, 15) is 4.79 Å². The molecule has 0 saturated carbocycles. The largest absolute Gasteiger partial charge is 0.351 e. The lowest BCUT2D eigenvalue weighted by molar-refractivity contribution is 0.0949. The first-order valence-corrected chi connectivity index (χ1v) is 7.51. The highest BCUT2D eigenvalue weighted by Crippen LogP contribution is 2.30. The number of rotatable bonds is 3. The van der Waals surface area contributed by atoms with Gasteiger partial charge in [-0.1, -0.05) is 24.3 Å². The van der Waals surface area contributed by atoms with Gasteiger partial charge in [0.15, 0.2) is 0 Å². The number of hydrogen-bond acceptors (Lipinski definition) is 2. The van der Waals surface area contributed by atoms with Crippen LogP contribution in [0.1, 0.15) is 45.9 Å². The predicted molar refractivity (Wildman–Crippen MR) is 82.4 cm³/mol. The molecule has 3 rings (SSSR count). The predicted octanol–water partition coefficient (Wildman–Crippen LogP) is 2.58. The summed E-state index contributed by atoms with van der Waals surface area (Å²) in [5, 5.41) is 7.20. The summed E-state index contributed by atoms with van der Waals surface area (Å²) in [7, 11) is 1.85. The quantitative estimate of drug-likeness (QED) is 0.941. The second-order valence-electron chi connectivity index (χ2n) is 5.77. The summed E-state index contributed by atoms with van der Waals surface area (Å²) in [6.45, 7) is 2.61. The lowest BCUT2D eigenvalue weighted by Crippen LogP contribution is -2.30. The highest BCUT2D eigenvalue weighted by Gasteiger charge is 2.21. The number of hydrogen-bond donors (Lipinski definition) is 1. The number of fused-ring (bicyclic) bond motifs is 1. The summed E-state index contributed by atoms with van der Waals surface area (Å²) in [6, 6.07) is 8.58. The van der Waals surface area contributed by atoms with Crippen molar-refractivity contribution in [3.8, 4) is 0 Å². The highest BCUT2D eigenvalue weighted by atomic mass is 16.1. The topological polar surface area (TPSA) is 46.9 Å². The zero-order valence-electron chi connectivity index (χ0n) is 12.6. The van der Waals surface area contributed by atoms with Gasteiger partial charge in [-0.05, 0) is 37.3 Å². The summed E-state index contributed by atoms with van der Waals surface area (Å²) in [5.74, 6) is 0.402. The van der Waals surface area contributed by atoms with Crippen LogP contribution in [0.15, 0.2) is 30.5 Å². The molecule has 1 aliphatic carbocycles. The van der Waals surface area contributed by atoms with Crippen LogP contribution in [0.25, 0.3) is 0 Å². The Morgan fingerprint density at radius 2 is 2.24 bits per heavy atom. The van der Waals surface area contributed by atoms with Crippen LogP contribution in [0, 0.1) is 6.92 Å². The minimum absolute atomic E-state index is 0.0244. The monoisotopic (exact) mass is 283 g/mol. The standard InChI is InChI=1S/C17H21N3O/c1-12-16(11-19-20(12)2)17(21)18-10-14-8-5-7-13-6-3-4-9-15(13)14/h3-4,6,9,11,14H,5,7-8,10H2,1-2H3,(H,18,21). The molecule has 0 aliphatic heterocycles. The average molecular weight is 283 g/mol. The van der Waals surface area contributed by atoms with Crippen LogP contribution in [-0.4, -0.2) is 22.2 Å². The molecule has 21 heavy (non-hydrogen) atoms. The number of aromatic nitrogens is 2. The summed E-state index contributed by atoms with van der Waals surface area (Å²) in [5.41, 5.74) is 4.39. The molecule has 0 fully saturated rings. The molecule has 1 aliphatic rings. The number of amides is 1. The minimum Gasteiger partial charge on any atom is -0.351 e. The number of carbonyl (C=O) groups is 1. The first kappa shape index (κ1) is 13.9. The van der Waals surface area contributed by atoms with Gasteiger partial charge < -0.3 is 5.32 Å². The van der Waals surface area contributed by atoms with E-state index in [0.717, 1.165) is 18.5 Å². The van der Waals surface area contributed by atoms with Crippen molar-refractivity contribution >= 4 is 5.91 Å². The van der Waals surface area contributed by atoms with Gasteiger partial charge in [-0.25, -0.2) is 0 Å². The number of benzene rings is 1. The Kier molecular flexibility index (Phi) is 3.78. The summed E-state index contributed by atoms with van der Waals surface area (Å²) < 4.78 is 1.73. The van der Waals surface area contributed by atoms with Gasteiger partial charge in [0.2, 0.25) is 0 Å². The van der Waals surface area contributed by atoms with Crippen LogP contribution in [0.5, 0.6) is 0 Å². The van der Waals surface area contributed by atoms with Crippen molar-refractivity contribution in [1.29, 1.82) is 0 Å². The van der Waals surface area contributed by atoms with E-state index in [1.165, 1.54) is 17.5 Å². The smallest absolute Gasteiger partial charge is 0.254 e. The Morgan fingerprint density at radius 1 is 1.43 bits per heavy atom. The highest BCUT2D eigenvalue weighted by molar-refractivity contribution is 5.95. The first-order chi connectivity index (χ1) is 10.2. The van der Waals surface area contributed by atoms with E-state index in [1.54, 1.807) is 10.9 Å². The van der Waals surface area contributed by atoms with Crippen molar-refractivity contribution in [3.63, 3.8) is 0 Å². The van der Waals surface area contributed by atoms with Crippen molar-refractivity contribution in [2.75, 3.05) is 6.54 Å². The summed E-state index contributed by atoms with van der Waals surface area (Å²) >= 11 is 0. The molecule has 2 aromatic rings. The number of nitrogens with zero attached hydrogens (tertiary/aromatic N) is 2. The maximum Gasteiger partial charge on any atom is 0.254 e.